The van der Waals surface area contributed by atoms with Gasteiger partial charge in [-0.25, -0.2) is 14.0 Å². The van der Waals surface area contributed by atoms with Crippen molar-refractivity contribution in [1.82, 2.24) is 9.97 Å². The summed E-state index contributed by atoms with van der Waals surface area (Å²) in [6, 6.07) is 11.9. The molecule has 1 amide bonds. The van der Waals surface area contributed by atoms with Gasteiger partial charge in [0.05, 0.1) is 23.1 Å². The highest BCUT2D eigenvalue weighted by molar-refractivity contribution is 14.1. The first kappa shape index (κ1) is 28.3. The second kappa shape index (κ2) is 13.3. The van der Waals surface area contributed by atoms with Crippen molar-refractivity contribution in [3.8, 4) is 0 Å². The first-order valence-electron chi connectivity index (χ1n) is 10.7. The Morgan fingerprint density at radius 3 is 2.68 bits per heavy atom. The third kappa shape index (κ3) is 8.40. The van der Waals surface area contributed by atoms with E-state index in [2.05, 4.69) is 47.4 Å². The molecule has 0 radical (unpaired) electrons. The number of amides is 1. The molecule has 0 fully saturated rings. The zero-order valence-electron chi connectivity index (χ0n) is 19.1. The second-order valence-electron chi connectivity index (χ2n) is 7.48. The van der Waals surface area contributed by atoms with Crippen molar-refractivity contribution in [3.05, 3.63) is 84.2 Å². The van der Waals surface area contributed by atoms with Crippen molar-refractivity contribution < 1.29 is 18.7 Å². The van der Waals surface area contributed by atoms with Crippen LogP contribution in [0.25, 0.3) is 0 Å². The SMILES string of the molecule is O=Nc1cc([N+](=O)[O-])cc(S(=O)(CCCCNc2nc(Cl)ncc2I)=NC(=O)OCc2ccccc2)c1. The Hall–Kier alpha value is -3.24. The van der Waals surface area contributed by atoms with Crippen molar-refractivity contribution in [2.45, 2.75) is 24.3 Å². The van der Waals surface area contributed by atoms with Gasteiger partial charge in [0.25, 0.3) is 5.69 Å². The van der Waals surface area contributed by atoms with E-state index in [1.807, 2.05) is 0 Å². The van der Waals surface area contributed by atoms with E-state index in [0.717, 1.165) is 21.8 Å². The summed E-state index contributed by atoms with van der Waals surface area (Å²) in [4.78, 5) is 42.0. The summed E-state index contributed by atoms with van der Waals surface area (Å²) in [6.07, 6.45) is 1.26. The molecule has 15 heteroatoms. The predicted octanol–water partition coefficient (Wildman–Crippen LogP) is 6.10. The first-order valence-corrected chi connectivity index (χ1v) is 13.8. The number of nitro benzene ring substituents is 1. The zero-order chi connectivity index (χ0) is 26.8. The van der Waals surface area contributed by atoms with Gasteiger partial charge >= 0.3 is 6.09 Å². The summed E-state index contributed by atoms with van der Waals surface area (Å²) in [6.45, 7) is 0.326. The number of aromatic nitrogens is 2. The lowest BCUT2D eigenvalue weighted by Crippen LogP contribution is -2.13. The molecule has 3 aromatic rings. The minimum atomic E-state index is -3.55. The van der Waals surface area contributed by atoms with Gasteiger partial charge in [0.1, 0.15) is 18.1 Å². The van der Waals surface area contributed by atoms with E-state index in [1.54, 1.807) is 36.5 Å². The van der Waals surface area contributed by atoms with E-state index in [0.29, 0.717) is 30.8 Å². The van der Waals surface area contributed by atoms with E-state index in [9.17, 15) is 24.0 Å². The molecule has 0 bridgehead atoms. The summed E-state index contributed by atoms with van der Waals surface area (Å²) in [5, 5.41) is 17.2. The number of unbranched alkanes of at least 4 members (excludes halogenated alkanes) is 1. The highest BCUT2D eigenvalue weighted by atomic mass is 127. The van der Waals surface area contributed by atoms with Crippen LogP contribution < -0.4 is 5.32 Å². The fourth-order valence-corrected chi connectivity index (χ4v) is 5.61. The number of hydrogen-bond acceptors (Lipinski definition) is 10. The highest BCUT2D eigenvalue weighted by Gasteiger charge is 2.21. The Kier molecular flexibility index (Phi) is 10.2. The lowest BCUT2D eigenvalue weighted by atomic mass is 10.2. The summed E-state index contributed by atoms with van der Waals surface area (Å²) in [5.74, 6) is 0.409. The van der Waals surface area contributed by atoms with Gasteiger partial charge in [-0.1, -0.05) is 30.3 Å². The van der Waals surface area contributed by atoms with Crippen LogP contribution in [0.4, 0.5) is 22.0 Å². The van der Waals surface area contributed by atoms with Crippen LogP contribution in [0.1, 0.15) is 18.4 Å². The smallest absolute Gasteiger partial charge is 0.442 e. The van der Waals surface area contributed by atoms with E-state index in [-0.39, 0.29) is 28.2 Å². The van der Waals surface area contributed by atoms with Crippen LogP contribution >= 0.6 is 34.2 Å². The lowest BCUT2D eigenvalue weighted by molar-refractivity contribution is -0.385. The van der Waals surface area contributed by atoms with E-state index in [4.69, 9.17) is 16.3 Å². The maximum atomic E-state index is 13.9. The fourth-order valence-electron chi connectivity index (χ4n) is 3.09. The molecule has 1 heterocycles. The van der Waals surface area contributed by atoms with Gasteiger partial charge in [-0.05, 0) is 63.8 Å². The number of nitrogens with zero attached hydrogens (tertiary/aromatic N) is 5. The second-order valence-corrected chi connectivity index (χ2v) is 11.3. The van der Waals surface area contributed by atoms with Crippen LogP contribution in [-0.2, 0) is 21.1 Å². The van der Waals surface area contributed by atoms with Gasteiger partial charge in [0, 0.05) is 30.6 Å². The Bertz CT molecular complexity index is 1420. The van der Waals surface area contributed by atoms with Crippen molar-refractivity contribution in [1.29, 1.82) is 0 Å². The Morgan fingerprint density at radius 1 is 1.22 bits per heavy atom. The molecule has 3 rings (SSSR count). The monoisotopic (exact) mass is 658 g/mol. The molecule has 2 aromatic carbocycles. The van der Waals surface area contributed by atoms with Crippen molar-refractivity contribution >= 4 is 67.2 Å². The molecular formula is C22H20ClIN6O6S. The Morgan fingerprint density at radius 2 is 1.97 bits per heavy atom. The quantitative estimate of drug-likeness (QED) is 0.0640. The van der Waals surface area contributed by atoms with Crippen LogP contribution in [0.15, 0.2) is 69.2 Å². The van der Waals surface area contributed by atoms with Gasteiger partial charge in [0.2, 0.25) is 5.28 Å². The molecule has 1 N–H and O–H groups in total. The van der Waals surface area contributed by atoms with Crippen LogP contribution in [0, 0.1) is 18.6 Å². The molecular weight excluding hydrogens is 639 g/mol. The molecule has 1 aromatic heterocycles. The number of carbonyl (C=O) groups excluding carboxylic acids is 1. The summed E-state index contributed by atoms with van der Waals surface area (Å²) in [5.41, 5.74) is -0.0999. The summed E-state index contributed by atoms with van der Waals surface area (Å²) >= 11 is 7.87. The van der Waals surface area contributed by atoms with Crippen LogP contribution in [-0.4, -0.2) is 37.5 Å². The minimum Gasteiger partial charge on any atom is -0.443 e. The number of hydrogen-bond donors (Lipinski definition) is 1. The maximum Gasteiger partial charge on any atom is 0.442 e. The average Bonchev–Trinajstić information content (AvgIpc) is 2.89. The summed E-state index contributed by atoms with van der Waals surface area (Å²) < 4.78 is 23.6. The largest absolute Gasteiger partial charge is 0.443 e. The number of halogens is 2. The number of nitroso groups, excluding NO2 is 1. The Balaban J connectivity index is 1.80. The molecule has 194 valence electrons. The minimum absolute atomic E-state index is 0.0871. The van der Waals surface area contributed by atoms with Gasteiger partial charge < -0.3 is 10.1 Å². The number of non-ortho nitro benzene ring substituents is 1. The van der Waals surface area contributed by atoms with Crippen molar-refractivity contribution in [2.24, 2.45) is 9.54 Å². The number of anilines is 1. The molecule has 37 heavy (non-hydrogen) atoms. The highest BCUT2D eigenvalue weighted by Crippen LogP contribution is 2.28. The number of rotatable bonds is 11. The number of carbonyl (C=O) groups is 1. The molecule has 1 unspecified atom stereocenters. The molecule has 0 aliphatic heterocycles. The molecule has 0 aliphatic rings. The Labute approximate surface area is 230 Å². The molecule has 1 atom stereocenters. The number of nitrogens with one attached hydrogen (secondary N) is 1. The van der Waals surface area contributed by atoms with Crippen molar-refractivity contribution in [3.63, 3.8) is 0 Å². The van der Waals surface area contributed by atoms with Crippen LogP contribution in [0.3, 0.4) is 0 Å². The number of benzene rings is 2. The van der Waals surface area contributed by atoms with Crippen LogP contribution in [0.2, 0.25) is 5.28 Å². The maximum absolute atomic E-state index is 13.9. The van der Waals surface area contributed by atoms with Gasteiger partial charge in [-0.3, -0.25) is 10.1 Å². The predicted molar refractivity (Wildman–Crippen MR) is 146 cm³/mol. The van der Waals surface area contributed by atoms with E-state index < -0.39 is 26.4 Å². The van der Waals surface area contributed by atoms with Crippen molar-refractivity contribution in [2.75, 3.05) is 17.6 Å². The van der Waals surface area contributed by atoms with Gasteiger partial charge in [0.15, 0.2) is 0 Å². The number of ether oxygens (including phenoxy) is 1. The normalized spacial score (nSPS) is 12.3. The van der Waals surface area contributed by atoms with E-state index in [1.165, 1.54) is 0 Å². The fraction of sp³-hybridized carbons (Fsp3) is 0.227. The van der Waals surface area contributed by atoms with Gasteiger partial charge in [-0.2, -0.15) is 4.98 Å². The standard InChI is InChI=1S/C22H20ClIN6O6S/c23-21-26-13-19(24)20(27-21)25-8-4-5-9-37(35,18-11-16(28-32)10-17(12-18)30(33)34)29-22(31)36-14-15-6-2-1-3-7-15/h1-3,6-7,10-13H,4-5,8-9,14H2,(H,25,26,27). The first-order chi connectivity index (χ1) is 17.7. The molecule has 12 nitrogen and oxygen atoms in total. The summed E-state index contributed by atoms with van der Waals surface area (Å²) in [7, 11) is -3.55. The molecule has 0 saturated heterocycles. The average molecular weight is 659 g/mol. The van der Waals surface area contributed by atoms with E-state index >= 15 is 0 Å². The third-order valence-electron chi connectivity index (χ3n) is 4.84. The molecule has 0 aliphatic carbocycles. The molecule has 0 saturated carbocycles. The zero-order valence-corrected chi connectivity index (χ0v) is 22.8. The van der Waals surface area contributed by atoms with Gasteiger partial charge in [-0.15, -0.1) is 9.27 Å². The third-order valence-corrected chi connectivity index (χ3v) is 8.07. The lowest BCUT2D eigenvalue weighted by Gasteiger charge is -2.12. The topological polar surface area (TPSA) is 166 Å². The number of nitro groups is 1. The van der Waals surface area contributed by atoms with Crippen LogP contribution in [0.5, 0.6) is 0 Å². The molecule has 0 spiro atoms.